The molecule has 0 radical (unpaired) electrons. The minimum Gasteiger partial charge on any atom is -0.477 e. The van der Waals surface area contributed by atoms with Crippen LogP contribution < -0.4 is 0 Å². The van der Waals surface area contributed by atoms with Gasteiger partial charge in [0.15, 0.2) is 11.1 Å². The molecule has 0 aliphatic heterocycles. The van der Waals surface area contributed by atoms with Crippen molar-refractivity contribution in [3.63, 3.8) is 0 Å². The van der Waals surface area contributed by atoms with Gasteiger partial charge in [-0.15, -0.1) is 0 Å². The molecule has 0 aromatic rings. The van der Waals surface area contributed by atoms with E-state index >= 15 is 0 Å². The molecule has 8 heteroatoms. The maximum Gasteiger partial charge on any atom is 0.346 e. The van der Waals surface area contributed by atoms with E-state index in [9.17, 15) is 19.2 Å². The fourth-order valence-electron chi connectivity index (χ4n) is 0.999. The first-order valence-electron chi connectivity index (χ1n) is 4.91. The monoisotopic (exact) mass is 260 g/mol. The molecule has 0 aliphatic carbocycles. The molecule has 0 atom stereocenters. The SMILES string of the molecule is CCOC(=O)C(C(=O)OCC)=C(C(=O)O)C(=O)O. The maximum atomic E-state index is 11.4. The predicted molar refractivity (Wildman–Crippen MR) is 55.6 cm³/mol. The Morgan fingerprint density at radius 2 is 1.11 bits per heavy atom. The highest BCUT2D eigenvalue weighted by Crippen LogP contribution is 2.11. The van der Waals surface area contributed by atoms with Gasteiger partial charge in [0.05, 0.1) is 13.2 Å². The molecule has 0 unspecified atom stereocenters. The maximum absolute atomic E-state index is 11.4. The van der Waals surface area contributed by atoms with Crippen LogP contribution in [-0.2, 0) is 28.7 Å². The van der Waals surface area contributed by atoms with Crippen molar-refractivity contribution >= 4 is 23.9 Å². The van der Waals surface area contributed by atoms with Crippen LogP contribution >= 0.6 is 0 Å². The Morgan fingerprint density at radius 3 is 1.33 bits per heavy atom. The lowest BCUT2D eigenvalue weighted by atomic mass is 10.1. The van der Waals surface area contributed by atoms with Gasteiger partial charge in [0.1, 0.15) is 0 Å². The van der Waals surface area contributed by atoms with E-state index in [4.69, 9.17) is 10.2 Å². The molecule has 100 valence electrons. The first-order chi connectivity index (χ1) is 8.36. The lowest BCUT2D eigenvalue weighted by molar-refractivity contribution is -0.150. The van der Waals surface area contributed by atoms with E-state index in [1.165, 1.54) is 13.8 Å². The van der Waals surface area contributed by atoms with Gasteiger partial charge in [0.2, 0.25) is 0 Å². The molecule has 0 heterocycles. The van der Waals surface area contributed by atoms with Crippen molar-refractivity contribution in [2.24, 2.45) is 0 Å². The molecular formula is C10H12O8. The Hall–Kier alpha value is -2.38. The number of carboxylic acids is 2. The molecule has 0 aromatic carbocycles. The minimum atomic E-state index is -1.93. The fourth-order valence-corrected chi connectivity index (χ4v) is 0.999. The molecule has 0 saturated heterocycles. The van der Waals surface area contributed by atoms with Crippen LogP contribution in [0.15, 0.2) is 11.1 Å². The van der Waals surface area contributed by atoms with E-state index < -0.39 is 35.0 Å². The van der Waals surface area contributed by atoms with E-state index in [0.29, 0.717) is 0 Å². The van der Waals surface area contributed by atoms with E-state index in [-0.39, 0.29) is 13.2 Å². The summed E-state index contributed by atoms with van der Waals surface area (Å²) in [6.07, 6.45) is 0. The summed E-state index contributed by atoms with van der Waals surface area (Å²) in [6, 6.07) is 0. The van der Waals surface area contributed by atoms with Crippen LogP contribution in [0.25, 0.3) is 0 Å². The fraction of sp³-hybridized carbons (Fsp3) is 0.400. The van der Waals surface area contributed by atoms with Gasteiger partial charge < -0.3 is 19.7 Å². The predicted octanol–water partition coefficient (Wildman–Crippen LogP) is -0.422. The second-order valence-electron chi connectivity index (χ2n) is 2.80. The van der Waals surface area contributed by atoms with Crippen LogP contribution in [0.5, 0.6) is 0 Å². The summed E-state index contributed by atoms with van der Waals surface area (Å²) >= 11 is 0. The molecule has 0 saturated carbocycles. The number of rotatable bonds is 6. The van der Waals surface area contributed by atoms with E-state index in [1.54, 1.807) is 0 Å². The van der Waals surface area contributed by atoms with Crippen LogP contribution in [0.2, 0.25) is 0 Å². The van der Waals surface area contributed by atoms with Crippen molar-refractivity contribution in [2.45, 2.75) is 13.8 Å². The molecule has 0 spiro atoms. The lowest BCUT2D eigenvalue weighted by Crippen LogP contribution is -2.26. The molecular weight excluding hydrogens is 248 g/mol. The zero-order valence-electron chi connectivity index (χ0n) is 9.76. The lowest BCUT2D eigenvalue weighted by Gasteiger charge is -2.08. The topological polar surface area (TPSA) is 127 Å². The van der Waals surface area contributed by atoms with E-state index in [2.05, 4.69) is 9.47 Å². The minimum absolute atomic E-state index is 0.145. The summed E-state index contributed by atoms with van der Waals surface area (Å²) < 4.78 is 8.86. The van der Waals surface area contributed by atoms with Crippen molar-refractivity contribution in [1.29, 1.82) is 0 Å². The number of aliphatic carboxylic acids is 2. The average molecular weight is 260 g/mol. The normalized spacial score (nSPS) is 9.22. The Balaban J connectivity index is 5.75. The second kappa shape index (κ2) is 7.05. The number of carboxylic acid groups (broad SMARTS) is 2. The standard InChI is InChI=1S/C10H12O8/c1-3-17-9(15)6(10(16)18-4-2)5(7(11)12)8(13)14/h3-4H2,1-2H3,(H,11,12)(H,13,14). The smallest absolute Gasteiger partial charge is 0.346 e. The number of esters is 2. The van der Waals surface area contributed by atoms with Crippen LogP contribution in [-0.4, -0.2) is 47.3 Å². The van der Waals surface area contributed by atoms with Gasteiger partial charge in [-0.3, -0.25) is 0 Å². The first kappa shape index (κ1) is 15.6. The first-order valence-corrected chi connectivity index (χ1v) is 4.91. The van der Waals surface area contributed by atoms with Crippen LogP contribution in [0, 0.1) is 0 Å². The Bertz CT molecular complexity index is 370. The molecule has 2 N–H and O–H groups in total. The third kappa shape index (κ3) is 3.89. The zero-order chi connectivity index (χ0) is 14.3. The summed E-state index contributed by atoms with van der Waals surface area (Å²) in [5.74, 6) is -6.57. The van der Waals surface area contributed by atoms with Gasteiger partial charge >= 0.3 is 23.9 Å². The zero-order valence-corrected chi connectivity index (χ0v) is 9.76. The highest BCUT2D eigenvalue weighted by Gasteiger charge is 2.33. The molecule has 0 rings (SSSR count). The quantitative estimate of drug-likeness (QED) is 0.285. The summed E-state index contributed by atoms with van der Waals surface area (Å²) in [6.45, 7) is 2.55. The van der Waals surface area contributed by atoms with Gasteiger partial charge in [-0.25, -0.2) is 19.2 Å². The molecule has 18 heavy (non-hydrogen) atoms. The molecule has 0 aliphatic rings. The number of hydrogen-bond donors (Lipinski definition) is 2. The summed E-state index contributed by atoms with van der Waals surface area (Å²) in [5.41, 5.74) is -2.52. The van der Waals surface area contributed by atoms with Crippen molar-refractivity contribution in [3.05, 3.63) is 11.1 Å². The van der Waals surface area contributed by atoms with Crippen LogP contribution in [0.3, 0.4) is 0 Å². The van der Waals surface area contributed by atoms with Gasteiger partial charge in [-0.05, 0) is 13.8 Å². The number of hydrogen-bond acceptors (Lipinski definition) is 6. The molecule has 8 nitrogen and oxygen atoms in total. The summed E-state index contributed by atoms with van der Waals surface area (Å²) in [5, 5.41) is 17.4. The molecule has 0 bridgehead atoms. The Kier molecular flexibility index (Phi) is 6.11. The largest absolute Gasteiger partial charge is 0.477 e. The molecule has 0 aromatic heterocycles. The van der Waals surface area contributed by atoms with Crippen molar-refractivity contribution in [2.75, 3.05) is 13.2 Å². The van der Waals surface area contributed by atoms with E-state index in [0.717, 1.165) is 0 Å². The molecule has 0 fully saturated rings. The van der Waals surface area contributed by atoms with Gasteiger partial charge in [0.25, 0.3) is 0 Å². The second-order valence-corrected chi connectivity index (χ2v) is 2.80. The van der Waals surface area contributed by atoms with Crippen molar-refractivity contribution in [1.82, 2.24) is 0 Å². The van der Waals surface area contributed by atoms with Crippen LogP contribution in [0.1, 0.15) is 13.8 Å². The Labute approximate surface area is 102 Å². The highest BCUT2D eigenvalue weighted by atomic mass is 16.6. The Morgan fingerprint density at radius 1 is 0.778 bits per heavy atom. The summed E-state index contributed by atoms with van der Waals surface area (Å²) in [7, 11) is 0. The third-order valence-electron chi connectivity index (χ3n) is 1.64. The number of carbonyl (C=O) groups is 4. The number of carbonyl (C=O) groups excluding carboxylic acids is 2. The molecule has 0 amide bonds. The third-order valence-corrected chi connectivity index (χ3v) is 1.64. The number of ether oxygens (including phenoxy) is 2. The van der Waals surface area contributed by atoms with Crippen LogP contribution in [0.4, 0.5) is 0 Å². The summed E-state index contributed by atoms with van der Waals surface area (Å²) in [4.78, 5) is 44.3. The van der Waals surface area contributed by atoms with Gasteiger partial charge in [-0.1, -0.05) is 0 Å². The van der Waals surface area contributed by atoms with Gasteiger partial charge in [-0.2, -0.15) is 0 Å². The highest BCUT2D eigenvalue weighted by molar-refractivity contribution is 6.27. The van der Waals surface area contributed by atoms with E-state index in [1.807, 2.05) is 0 Å². The van der Waals surface area contributed by atoms with Crippen molar-refractivity contribution in [3.8, 4) is 0 Å². The average Bonchev–Trinajstić information content (AvgIpc) is 2.24. The van der Waals surface area contributed by atoms with Crippen molar-refractivity contribution < 1.29 is 38.9 Å². The van der Waals surface area contributed by atoms with Gasteiger partial charge in [0, 0.05) is 0 Å².